The molecule has 0 radical (unpaired) electrons. The van der Waals surface area contributed by atoms with E-state index in [4.69, 9.17) is 0 Å². The van der Waals surface area contributed by atoms with Crippen molar-refractivity contribution in [1.82, 2.24) is 20.4 Å². The molecule has 3 aromatic rings. The van der Waals surface area contributed by atoms with Crippen LogP contribution in [-0.4, -0.2) is 70.7 Å². The molecule has 8 nitrogen and oxygen atoms in total. The predicted molar refractivity (Wildman–Crippen MR) is 174 cm³/mol. The first kappa shape index (κ1) is 31.7. The number of benzene rings is 3. The number of nitrogens with one attached hydrogen (secondary N) is 2. The molecule has 1 aliphatic heterocycles. The summed E-state index contributed by atoms with van der Waals surface area (Å²) in [4.78, 5) is 58.6. The number of carbonyl (C=O) groups is 4. The quantitative estimate of drug-likeness (QED) is 0.312. The lowest BCUT2D eigenvalue weighted by molar-refractivity contribution is -0.157. The largest absolute Gasteiger partial charge is 0.352 e. The molecule has 1 saturated heterocycles. The van der Waals surface area contributed by atoms with Gasteiger partial charge in [-0.25, -0.2) is 4.39 Å². The van der Waals surface area contributed by atoms with E-state index in [9.17, 15) is 23.6 Å². The molecule has 3 fully saturated rings. The molecule has 9 heteroatoms. The topological polar surface area (TPSA) is 98.8 Å². The highest BCUT2D eigenvalue weighted by Gasteiger charge is 2.46. The highest BCUT2D eigenvalue weighted by Crippen LogP contribution is 2.37. The summed E-state index contributed by atoms with van der Waals surface area (Å²) in [6, 6.07) is 17.6. The summed E-state index contributed by atoms with van der Waals surface area (Å²) >= 11 is 0. The van der Waals surface area contributed by atoms with E-state index in [-0.39, 0.29) is 60.9 Å². The highest BCUT2D eigenvalue weighted by molar-refractivity contribution is 5.96. The van der Waals surface area contributed by atoms with Crippen molar-refractivity contribution in [1.29, 1.82) is 0 Å². The lowest BCUT2D eigenvalue weighted by atomic mass is 9.96. The van der Waals surface area contributed by atoms with Crippen LogP contribution in [0.5, 0.6) is 0 Å². The minimum Gasteiger partial charge on any atom is -0.352 e. The van der Waals surface area contributed by atoms with Crippen molar-refractivity contribution >= 4 is 34.4 Å². The van der Waals surface area contributed by atoms with E-state index in [2.05, 4.69) is 16.7 Å². The number of hydrogen-bond acceptors (Lipinski definition) is 4. The van der Waals surface area contributed by atoms with Gasteiger partial charge in [0.25, 0.3) is 0 Å². The van der Waals surface area contributed by atoms with Crippen molar-refractivity contribution in [3.63, 3.8) is 0 Å². The Balaban J connectivity index is 1.26. The molecular weight excluding hydrogens is 583 g/mol. The third-order valence-electron chi connectivity index (χ3n) is 9.33. The first-order valence-corrected chi connectivity index (χ1v) is 16.6. The predicted octanol–water partition coefficient (Wildman–Crippen LogP) is 4.39. The minimum absolute atomic E-state index is 0.0976. The van der Waals surface area contributed by atoms with Crippen LogP contribution in [-0.2, 0) is 32.0 Å². The Bertz CT molecular complexity index is 1600. The second-order valence-electron chi connectivity index (χ2n) is 13.5. The molecule has 3 atom stereocenters. The molecular formula is C37H43FN4O4. The van der Waals surface area contributed by atoms with Crippen LogP contribution in [0.25, 0.3) is 10.8 Å². The molecule has 242 valence electrons. The van der Waals surface area contributed by atoms with Gasteiger partial charge >= 0.3 is 0 Å². The average Bonchev–Trinajstić information content (AvgIpc) is 3.96. The SMILES string of the molecule is CC(C)NC(=O)C(Cc1ccc2ccccc2c1)N1CCN(C(=O)C(Cc2ccc(F)cc2)NC(=O)C2CC2)[C@@H](CC2CC2)C1=O. The zero-order valence-corrected chi connectivity index (χ0v) is 26.6. The zero-order valence-electron chi connectivity index (χ0n) is 26.6. The molecule has 0 aromatic heterocycles. The van der Waals surface area contributed by atoms with Crippen molar-refractivity contribution in [2.24, 2.45) is 11.8 Å². The second kappa shape index (κ2) is 13.6. The molecule has 46 heavy (non-hydrogen) atoms. The van der Waals surface area contributed by atoms with Crippen molar-refractivity contribution in [2.75, 3.05) is 13.1 Å². The van der Waals surface area contributed by atoms with E-state index in [1.54, 1.807) is 21.9 Å². The Kier molecular flexibility index (Phi) is 9.38. The van der Waals surface area contributed by atoms with Gasteiger partial charge in [0.1, 0.15) is 23.9 Å². The lowest BCUT2D eigenvalue weighted by Gasteiger charge is -2.44. The van der Waals surface area contributed by atoms with Crippen molar-refractivity contribution in [3.05, 3.63) is 83.7 Å². The molecule has 1 heterocycles. The molecule has 3 aromatic carbocycles. The standard InChI is InChI=1S/C37H43FN4O4/c1-23(2)39-35(44)32(22-26-9-12-27-5-3-4-6-29(27)19-26)41-17-18-42(33(37(41)46)21-25-7-8-25)36(45)31(40-34(43)28-13-14-28)20-24-10-15-30(38)16-11-24/h3-6,9-12,15-16,19,23,25,28,31-33H,7-8,13-14,17-18,20-22H2,1-2H3,(H,39,44)(H,40,43)/t31?,32?,33-/m0/s1. The van der Waals surface area contributed by atoms with E-state index in [0.717, 1.165) is 47.6 Å². The number of piperazine rings is 1. The van der Waals surface area contributed by atoms with E-state index in [0.29, 0.717) is 18.8 Å². The summed E-state index contributed by atoms with van der Waals surface area (Å²) in [5.74, 6) is -1.05. The molecule has 2 N–H and O–H groups in total. The Morgan fingerprint density at radius 2 is 1.54 bits per heavy atom. The van der Waals surface area contributed by atoms with E-state index < -0.39 is 18.1 Å². The van der Waals surface area contributed by atoms with Gasteiger partial charge in [0.2, 0.25) is 23.6 Å². The van der Waals surface area contributed by atoms with E-state index in [1.165, 1.54) is 12.1 Å². The summed E-state index contributed by atoms with van der Waals surface area (Å²) in [5, 5.41) is 8.14. The summed E-state index contributed by atoms with van der Waals surface area (Å²) < 4.78 is 13.6. The van der Waals surface area contributed by atoms with Crippen LogP contribution in [0.3, 0.4) is 0 Å². The number of rotatable bonds is 12. The Hall–Kier alpha value is -4.27. The number of fused-ring (bicyclic) bond motifs is 1. The number of carbonyl (C=O) groups excluding carboxylic acids is 4. The van der Waals surface area contributed by atoms with Crippen LogP contribution in [0.1, 0.15) is 57.1 Å². The maximum Gasteiger partial charge on any atom is 0.246 e. The van der Waals surface area contributed by atoms with Gasteiger partial charge in [-0.3, -0.25) is 19.2 Å². The molecule has 0 bridgehead atoms. The number of hydrogen-bond donors (Lipinski definition) is 2. The number of halogens is 1. The van der Waals surface area contributed by atoms with E-state index >= 15 is 0 Å². The molecule has 2 saturated carbocycles. The highest BCUT2D eigenvalue weighted by atomic mass is 19.1. The molecule has 6 rings (SSSR count). The first-order valence-electron chi connectivity index (χ1n) is 16.6. The summed E-state index contributed by atoms with van der Waals surface area (Å²) in [7, 11) is 0. The minimum atomic E-state index is -0.878. The molecule has 3 aliphatic rings. The molecule has 0 spiro atoms. The van der Waals surface area contributed by atoms with Gasteiger partial charge in [0.05, 0.1) is 0 Å². The fourth-order valence-corrected chi connectivity index (χ4v) is 6.48. The van der Waals surface area contributed by atoms with Crippen LogP contribution in [0.15, 0.2) is 66.7 Å². The summed E-state index contributed by atoms with van der Waals surface area (Å²) in [5.41, 5.74) is 1.68. The van der Waals surface area contributed by atoms with Crippen LogP contribution < -0.4 is 10.6 Å². The Morgan fingerprint density at radius 1 is 0.848 bits per heavy atom. The fraction of sp³-hybridized carbons (Fsp3) is 0.459. The van der Waals surface area contributed by atoms with Crippen LogP contribution in [0.2, 0.25) is 0 Å². The van der Waals surface area contributed by atoms with E-state index in [1.807, 2.05) is 50.2 Å². The second-order valence-corrected chi connectivity index (χ2v) is 13.5. The van der Waals surface area contributed by atoms with Crippen LogP contribution in [0, 0.1) is 17.7 Å². The first-order chi connectivity index (χ1) is 22.2. The zero-order chi connectivity index (χ0) is 32.4. The van der Waals surface area contributed by atoms with Gasteiger partial charge in [0, 0.05) is 37.9 Å². The lowest BCUT2D eigenvalue weighted by Crippen LogP contribution is -2.66. The third kappa shape index (κ3) is 7.57. The fourth-order valence-electron chi connectivity index (χ4n) is 6.48. The van der Waals surface area contributed by atoms with Crippen molar-refractivity contribution in [2.45, 2.75) is 83.0 Å². The number of amides is 4. The number of nitrogens with zero attached hydrogens (tertiary/aromatic N) is 2. The van der Waals surface area contributed by atoms with Gasteiger partial charge in [-0.05, 0) is 73.1 Å². The van der Waals surface area contributed by atoms with Crippen LogP contribution >= 0.6 is 0 Å². The van der Waals surface area contributed by atoms with Crippen LogP contribution in [0.4, 0.5) is 4.39 Å². The Morgan fingerprint density at radius 3 is 2.22 bits per heavy atom. The molecule has 4 amide bonds. The summed E-state index contributed by atoms with van der Waals surface area (Å²) in [6.07, 6.45) is 4.65. The van der Waals surface area contributed by atoms with Crippen molar-refractivity contribution < 1.29 is 23.6 Å². The maximum absolute atomic E-state index is 14.4. The maximum atomic E-state index is 14.4. The van der Waals surface area contributed by atoms with Gasteiger partial charge in [-0.15, -0.1) is 0 Å². The smallest absolute Gasteiger partial charge is 0.246 e. The normalized spacial score (nSPS) is 19.7. The third-order valence-corrected chi connectivity index (χ3v) is 9.33. The monoisotopic (exact) mass is 626 g/mol. The van der Waals surface area contributed by atoms with Gasteiger partial charge < -0.3 is 20.4 Å². The van der Waals surface area contributed by atoms with Gasteiger partial charge in [0.15, 0.2) is 0 Å². The molecule has 2 unspecified atom stereocenters. The van der Waals surface area contributed by atoms with Crippen molar-refractivity contribution in [3.8, 4) is 0 Å². The summed E-state index contributed by atoms with van der Waals surface area (Å²) in [6.45, 7) is 4.26. The van der Waals surface area contributed by atoms with Gasteiger partial charge in [-0.2, -0.15) is 0 Å². The van der Waals surface area contributed by atoms with Gasteiger partial charge in [-0.1, -0.05) is 67.4 Å². The molecule has 2 aliphatic carbocycles. The Labute approximate surface area is 269 Å². The average molecular weight is 627 g/mol.